The molecule has 0 radical (unpaired) electrons. The Kier molecular flexibility index (Phi) is 4.74. The fourth-order valence-electron chi connectivity index (χ4n) is 2.52. The molecule has 6 heteroatoms. The van der Waals surface area contributed by atoms with Crippen molar-refractivity contribution in [3.8, 4) is 0 Å². The lowest BCUT2D eigenvalue weighted by molar-refractivity contribution is -0.122. The van der Waals surface area contributed by atoms with E-state index in [1.807, 2.05) is 51.6 Å². The zero-order valence-corrected chi connectivity index (χ0v) is 14.5. The quantitative estimate of drug-likeness (QED) is 0.931. The van der Waals surface area contributed by atoms with E-state index in [2.05, 4.69) is 10.4 Å². The van der Waals surface area contributed by atoms with E-state index in [1.54, 1.807) is 0 Å². The molecular formula is C15H20ClN3OS. The van der Waals surface area contributed by atoms with Crippen LogP contribution in [0.5, 0.6) is 0 Å². The number of hydrogen-bond donors (Lipinski definition) is 1. The van der Waals surface area contributed by atoms with Crippen LogP contribution in [-0.2, 0) is 11.8 Å². The Morgan fingerprint density at radius 2 is 2.05 bits per heavy atom. The second kappa shape index (κ2) is 6.20. The molecule has 2 atom stereocenters. The van der Waals surface area contributed by atoms with Crippen molar-refractivity contribution < 1.29 is 4.79 Å². The first-order chi connectivity index (χ1) is 9.81. The van der Waals surface area contributed by atoms with Crippen LogP contribution in [0, 0.1) is 13.8 Å². The number of nitrogens with one attached hydrogen (secondary N) is 1. The molecule has 0 aromatic carbocycles. The van der Waals surface area contributed by atoms with E-state index in [4.69, 9.17) is 11.6 Å². The summed E-state index contributed by atoms with van der Waals surface area (Å²) in [5.74, 6) is -0.220. The molecule has 0 saturated carbocycles. The van der Waals surface area contributed by atoms with Crippen molar-refractivity contribution in [1.82, 2.24) is 15.1 Å². The summed E-state index contributed by atoms with van der Waals surface area (Å²) in [6.45, 7) is 7.81. The Labute approximate surface area is 134 Å². The average molecular weight is 326 g/mol. The van der Waals surface area contributed by atoms with Crippen molar-refractivity contribution >= 4 is 28.8 Å². The summed E-state index contributed by atoms with van der Waals surface area (Å²) >= 11 is 7.43. The van der Waals surface area contributed by atoms with Gasteiger partial charge in [-0.05, 0) is 39.8 Å². The van der Waals surface area contributed by atoms with Crippen LogP contribution in [0.1, 0.15) is 47.6 Å². The van der Waals surface area contributed by atoms with Gasteiger partial charge in [-0.3, -0.25) is 9.48 Å². The summed E-state index contributed by atoms with van der Waals surface area (Å²) in [6.07, 6.45) is 0. The number of carbonyl (C=O) groups is 1. The highest BCUT2D eigenvalue weighted by Gasteiger charge is 2.24. The van der Waals surface area contributed by atoms with Gasteiger partial charge < -0.3 is 5.32 Å². The van der Waals surface area contributed by atoms with Crippen LogP contribution in [0.4, 0.5) is 0 Å². The SMILES string of the molecule is Cc1nn(C)c(C)c1[C@@H](C)C(=O)N[C@H](C)c1ccc(Cl)s1. The van der Waals surface area contributed by atoms with Gasteiger partial charge in [-0.25, -0.2) is 0 Å². The summed E-state index contributed by atoms with van der Waals surface area (Å²) in [4.78, 5) is 13.5. The van der Waals surface area contributed by atoms with Crippen LogP contribution < -0.4 is 5.32 Å². The number of aromatic nitrogens is 2. The van der Waals surface area contributed by atoms with Crippen LogP contribution in [-0.4, -0.2) is 15.7 Å². The molecule has 0 spiro atoms. The van der Waals surface area contributed by atoms with Gasteiger partial charge in [-0.1, -0.05) is 11.6 Å². The molecule has 1 amide bonds. The van der Waals surface area contributed by atoms with Crippen LogP contribution in [0.15, 0.2) is 12.1 Å². The zero-order valence-electron chi connectivity index (χ0n) is 12.9. The first-order valence-corrected chi connectivity index (χ1v) is 8.06. The fourth-order valence-corrected chi connectivity index (χ4v) is 3.58. The van der Waals surface area contributed by atoms with Crippen molar-refractivity contribution in [2.45, 2.75) is 39.7 Å². The number of amides is 1. The van der Waals surface area contributed by atoms with Gasteiger partial charge in [0.05, 0.1) is 22.0 Å². The smallest absolute Gasteiger partial charge is 0.227 e. The van der Waals surface area contributed by atoms with Gasteiger partial charge in [0.15, 0.2) is 0 Å². The maximum atomic E-state index is 12.5. The summed E-state index contributed by atoms with van der Waals surface area (Å²) in [5, 5.41) is 7.42. The molecule has 21 heavy (non-hydrogen) atoms. The van der Waals surface area contributed by atoms with Gasteiger partial charge in [-0.2, -0.15) is 5.10 Å². The molecule has 2 aromatic heterocycles. The number of halogens is 1. The van der Waals surface area contributed by atoms with Crippen molar-refractivity contribution in [3.63, 3.8) is 0 Å². The highest BCUT2D eigenvalue weighted by molar-refractivity contribution is 7.16. The molecule has 1 N–H and O–H groups in total. The fraction of sp³-hybridized carbons (Fsp3) is 0.467. The maximum Gasteiger partial charge on any atom is 0.227 e. The third-order valence-corrected chi connectivity index (χ3v) is 5.18. The van der Waals surface area contributed by atoms with E-state index >= 15 is 0 Å². The van der Waals surface area contributed by atoms with E-state index in [0.717, 1.165) is 26.2 Å². The molecule has 0 aliphatic heterocycles. The van der Waals surface area contributed by atoms with Crippen LogP contribution in [0.25, 0.3) is 0 Å². The maximum absolute atomic E-state index is 12.5. The molecule has 0 aliphatic rings. The normalized spacial score (nSPS) is 14.0. The van der Waals surface area contributed by atoms with Gasteiger partial charge >= 0.3 is 0 Å². The number of nitrogens with zero attached hydrogens (tertiary/aromatic N) is 2. The molecule has 0 aliphatic carbocycles. The Balaban J connectivity index is 2.12. The summed E-state index contributed by atoms with van der Waals surface area (Å²) in [5.41, 5.74) is 2.94. The van der Waals surface area contributed by atoms with Crippen molar-refractivity contribution in [2.24, 2.45) is 7.05 Å². The first-order valence-electron chi connectivity index (χ1n) is 6.87. The van der Waals surface area contributed by atoms with Crippen LogP contribution in [0.3, 0.4) is 0 Å². The lowest BCUT2D eigenvalue weighted by Crippen LogP contribution is -2.30. The highest BCUT2D eigenvalue weighted by Crippen LogP contribution is 2.28. The minimum Gasteiger partial charge on any atom is -0.348 e. The Bertz CT molecular complexity index is 662. The van der Waals surface area contributed by atoms with Crippen LogP contribution in [0.2, 0.25) is 4.34 Å². The van der Waals surface area contributed by atoms with E-state index < -0.39 is 0 Å². The molecule has 2 aromatic rings. The topological polar surface area (TPSA) is 46.9 Å². The minimum absolute atomic E-state index is 0.00576. The predicted molar refractivity (Wildman–Crippen MR) is 87.0 cm³/mol. The molecular weight excluding hydrogens is 306 g/mol. The molecule has 2 rings (SSSR count). The Morgan fingerprint density at radius 3 is 2.52 bits per heavy atom. The lowest BCUT2D eigenvalue weighted by atomic mass is 9.98. The van der Waals surface area contributed by atoms with E-state index in [9.17, 15) is 4.79 Å². The van der Waals surface area contributed by atoms with Crippen molar-refractivity contribution in [1.29, 1.82) is 0 Å². The lowest BCUT2D eigenvalue weighted by Gasteiger charge is -2.17. The molecule has 0 saturated heterocycles. The van der Waals surface area contributed by atoms with E-state index in [1.165, 1.54) is 11.3 Å². The molecule has 114 valence electrons. The summed E-state index contributed by atoms with van der Waals surface area (Å²) in [6, 6.07) is 3.75. The average Bonchev–Trinajstić information content (AvgIpc) is 2.94. The van der Waals surface area contributed by atoms with Gasteiger partial charge in [0.1, 0.15) is 0 Å². The van der Waals surface area contributed by atoms with Crippen molar-refractivity contribution in [2.75, 3.05) is 0 Å². The third kappa shape index (κ3) is 3.30. The highest BCUT2D eigenvalue weighted by atomic mass is 35.5. The third-order valence-electron chi connectivity index (χ3n) is 3.77. The van der Waals surface area contributed by atoms with Crippen LogP contribution >= 0.6 is 22.9 Å². The van der Waals surface area contributed by atoms with E-state index in [0.29, 0.717) is 0 Å². The van der Waals surface area contributed by atoms with Gasteiger partial charge in [0.25, 0.3) is 0 Å². The standard InChI is InChI=1S/C15H20ClN3OS/c1-8(14-10(3)18-19(5)11(14)4)15(20)17-9(2)12-6-7-13(16)21-12/h6-9H,1-5H3,(H,17,20)/t8-,9-/m1/s1. The first kappa shape index (κ1) is 16.0. The number of thiophene rings is 1. The molecule has 0 bridgehead atoms. The minimum atomic E-state index is -0.225. The summed E-state index contributed by atoms with van der Waals surface area (Å²) < 4.78 is 2.55. The second-order valence-electron chi connectivity index (χ2n) is 5.30. The molecule has 4 nitrogen and oxygen atoms in total. The Morgan fingerprint density at radius 1 is 1.38 bits per heavy atom. The second-order valence-corrected chi connectivity index (χ2v) is 7.05. The molecule has 0 unspecified atom stereocenters. The number of carbonyl (C=O) groups excluding carboxylic acids is 1. The predicted octanol–water partition coefficient (Wildman–Crippen LogP) is 3.73. The zero-order chi connectivity index (χ0) is 15.7. The van der Waals surface area contributed by atoms with Gasteiger partial charge in [0, 0.05) is 23.2 Å². The largest absolute Gasteiger partial charge is 0.348 e. The van der Waals surface area contributed by atoms with Crippen molar-refractivity contribution in [3.05, 3.63) is 38.3 Å². The molecule has 0 fully saturated rings. The monoisotopic (exact) mass is 325 g/mol. The number of hydrogen-bond acceptors (Lipinski definition) is 3. The number of aryl methyl sites for hydroxylation is 2. The Hall–Kier alpha value is -1.33. The van der Waals surface area contributed by atoms with E-state index in [-0.39, 0.29) is 17.9 Å². The van der Waals surface area contributed by atoms with Gasteiger partial charge in [0.2, 0.25) is 5.91 Å². The molecule has 2 heterocycles. The number of rotatable bonds is 4. The van der Waals surface area contributed by atoms with Gasteiger partial charge in [-0.15, -0.1) is 11.3 Å². The summed E-state index contributed by atoms with van der Waals surface area (Å²) in [7, 11) is 1.90.